The number of carbonyl (C=O) groups is 2. The van der Waals surface area contributed by atoms with Gasteiger partial charge in [-0.05, 0) is 31.7 Å². The first kappa shape index (κ1) is 14.4. The minimum absolute atomic E-state index is 0.185. The molecule has 0 bridgehead atoms. The van der Waals surface area contributed by atoms with E-state index >= 15 is 0 Å². The Kier molecular flexibility index (Phi) is 6.86. The predicted octanol–water partition coefficient (Wildman–Crippen LogP) is -1.20. The van der Waals surface area contributed by atoms with Gasteiger partial charge >= 0.3 is 11.9 Å². The van der Waals surface area contributed by atoms with Crippen molar-refractivity contribution in [1.82, 2.24) is 0 Å². The van der Waals surface area contributed by atoms with E-state index in [-0.39, 0.29) is 19.3 Å². The molecule has 0 fully saturated rings. The number of rotatable bonds is 8. The highest BCUT2D eigenvalue weighted by molar-refractivity contribution is 5.81. The summed E-state index contributed by atoms with van der Waals surface area (Å²) in [5, 5.41) is 28.1. The van der Waals surface area contributed by atoms with Gasteiger partial charge in [-0.1, -0.05) is 0 Å². The largest absolute Gasteiger partial charge is 0.862 e. The molecule has 0 heterocycles. The van der Waals surface area contributed by atoms with Gasteiger partial charge in [-0.15, -0.1) is 0 Å². The molecule has 0 aromatic heterocycles. The molecule has 0 rings (SSSR count). The third kappa shape index (κ3) is 6.77. The molecule has 7 heteroatoms. The van der Waals surface area contributed by atoms with Crippen LogP contribution in [0.1, 0.15) is 25.7 Å². The molecule has 0 saturated heterocycles. The molecule has 0 saturated carbocycles. The summed E-state index contributed by atoms with van der Waals surface area (Å²) < 4.78 is 0. The molecule has 4 N–H and O–H groups in total. The highest BCUT2D eigenvalue weighted by Gasteiger charge is 2.14. The van der Waals surface area contributed by atoms with Gasteiger partial charge in [0.25, 0.3) is 0 Å². The molecule has 7 nitrogen and oxygen atoms in total. The SMILES string of the molecule is NCCC[C@H](N=C([O-])CCC(=O)O)C(=O)O. The fourth-order valence-electron chi connectivity index (χ4n) is 1.01. The monoisotopic (exact) mass is 231 g/mol. The number of carboxylic acid groups (broad SMARTS) is 2. The summed E-state index contributed by atoms with van der Waals surface area (Å²) >= 11 is 0. The van der Waals surface area contributed by atoms with Crippen LogP contribution >= 0.6 is 0 Å². The minimum Gasteiger partial charge on any atom is -0.862 e. The topological polar surface area (TPSA) is 136 Å². The second-order valence-electron chi connectivity index (χ2n) is 3.20. The lowest BCUT2D eigenvalue weighted by molar-refractivity contribution is -0.220. The van der Waals surface area contributed by atoms with Crippen LogP contribution in [0.2, 0.25) is 0 Å². The van der Waals surface area contributed by atoms with Gasteiger partial charge in [-0.2, -0.15) is 0 Å². The average Bonchev–Trinajstić information content (AvgIpc) is 2.20. The quantitative estimate of drug-likeness (QED) is 0.354. The average molecular weight is 231 g/mol. The van der Waals surface area contributed by atoms with Gasteiger partial charge in [0.2, 0.25) is 0 Å². The lowest BCUT2D eigenvalue weighted by Gasteiger charge is -2.13. The van der Waals surface area contributed by atoms with E-state index in [2.05, 4.69) is 4.99 Å². The van der Waals surface area contributed by atoms with Gasteiger partial charge in [0.05, 0.1) is 0 Å². The van der Waals surface area contributed by atoms with Crippen LogP contribution in [0, 0.1) is 0 Å². The van der Waals surface area contributed by atoms with Crippen LogP contribution in [-0.4, -0.2) is 40.6 Å². The summed E-state index contributed by atoms with van der Waals surface area (Å²) in [6.07, 6.45) is 0.0185. The van der Waals surface area contributed by atoms with Crippen LogP contribution in [0.25, 0.3) is 0 Å². The maximum atomic E-state index is 11.1. The molecule has 0 aliphatic rings. The Hall–Kier alpha value is -1.63. The van der Waals surface area contributed by atoms with Crippen molar-refractivity contribution >= 4 is 17.8 Å². The number of hydrogen-bond donors (Lipinski definition) is 3. The Morgan fingerprint density at radius 1 is 1.31 bits per heavy atom. The second kappa shape index (κ2) is 7.63. The second-order valence-corrected chi connectivity index (χ2v) is 3.20. The van der Waals surface area contributed by atoms with Gasteiger partial charge in [0.1, 0.15) is 6.04 Å². The predicted molar refractivity (Wildman–Crippen MR) is 54.0 cm³/mol. The van der Waals surface area contributed by atoms with Crippen LogP contribution in [0.3, 0.4) is 0 Å². The summed E-state index contributed by atoms with van der Waals surface area (Å²) in [5.41, 5.74) is 5.21. The number of aliphatic carboxylic acids is 2. The highest BCUT2D eigenvalue weighted by atomic mass is 16.4. The van der Waals surface area contributed by atoms with E-state index in [1.165, 1.54) is 0 Å². The number of aliphatic imine (C=N–C) groups is 1. The maximum Gasteiger partial charge on any atom is 0.328 e. The fourth-order valence-corrected chi connectivity index (χ4v) is 1.01. The molecule has 0 aliphatic heterocycles. The Morgan fingerprint density at radius 2 is 1.94 bits per heavy atom. The van der Waals surface area contributed by atoms with Crippen LogP contribution in [0.5, 0.6) is 0 Å². The highest BCUT2D eigenvalue weighted by Crippen LogP contribution is 2.03. The number of hydrogen-bond acceptors (Lipinski definition) is 5. The Balaban J connectivity index is 4.27. The number of nitrogens with two attached hydrogens (primary N) is 1. The molecule has 1 atom stereocenters. The molecule has 0 aromatic rings. The van der Waals surface area contributed by atoms with Crippen molar-refractivity contribution in [3.8, 4) is 0 Å². The normalized spacial score (nSPS) is 13.4. The molecule has 0 amide bonds. The van der Waals surface area contributed by atoms with E-state index < -0.39 is 23.9 Å². The standard InChI is InChI=1S/C9H16N2O5/c10-5-1-2-6(9(15)16)11-7(12)3-4-8(13)14/h6H,1-5,10H2,(H,11,12)(H,13,14)(H,15,16)/p-1/t6-/m0/s1. The zero-order valence-electron chi connectivity index (χ0n) is 8.76. The summed E-state index contributed by atoms with van der Waals surface area (Å²) in [6, 6.07) is -1.12. The minimum atomic E-state index is -1.20. The van der Waals surface area contributed by atoms with Gasteiger partial charge in [-0.25, -0.2) is 4.79 Å². The summed E-state index contributed by atoms with van der Waals surface area (Å²) in [7, 11) is 0. The van der Waals surface area contributed by atoms with Crippen LogP contribution in [-0.2, 0) is 9.59 Å². The first-order valence-corrected chi connectivity index (χ1v) is 4.85. The van der Waals surface area contributed by atoms with Crippen molar-refractivity contribution in [2.75, 3.05) is 6.54 Å². The molecule has 0 unspecified atom stereocenters. The third-order valence-corrected chi connectivity index (χ3v) is 1.82. The van der Waals surface area contributed by atoms with E-state index in [0.717, 1.165) is 0 Å². The first-order chi connectivity index (χ1) is 7.47. The van der Waals surface area contributed by atoms with E-state index in [1.807, 2.05) is 0 Å². The van der Waals surface area contributed by atoms with Crippen LogP contribution < -0.4 is 10.8 Å². The molecule has 0 spiro atoms. The van der Waals surface area contributed by atoms with E-state index in [4.69, 9.17) is 15.9 Å². The van der Waals surface area contributed by atoms with Gasteiger partial charge in [-0.3, -0.25) is 9.79 Å². The summed E-state index contributed by atoms with van der Waals surface area (Å²) in [4.78, 5) is 24.3. The molecule has 92 valence electrons. The zero-order valence-corrected chi connectivity index (χ0v) is 8.76. The van der Waals surface area contributed by atoms with Gasteiger partial charge in [0, 0.05) is 6.42 Å². The number of carboxylic acids is 2. The molecular formula is C9H15N2O5-. The molecule has 0 radical (unpaired) electrons. The van der Waals surface area contributed by atoms with Crippen LogP contribution in [0.15, 0.2) is 4.99 Å². The molecule has 16 heavy (non-hydrogen) atoms. The van der Waals surface area contributed by atoms with E-state index in [9.17, 15) is 14.7 Å². The van der Waals surface area contributed by atoms with Crippen molar-refractivity contribution in [3.63, 3.8) is 0 Å². The van der Waals surface area contributed by atoms with Crippen molar-refractivity contribution in [1.29, 1.82) is 0 Å². The van der Waals surface area contributed by atoms with Crippen molar-refractivity contribution in [2.24, 2.45) is 10.7 Å². The van der Waals surface area contributed by atoms with Gasteiger partial charge in [0.15, 0.2) is 0 Å². The fraction of sp³-hybridized carbons (Fsp3) is 0.667. The summed E-state index contributed by atoms with van der Waals surface area (Å²) in [5.74, 6) is -3.01. The van der Waals surface area contributed by atoms with Crippen LogP contribution in [0.4, 0.5) is 0 Å². The Morgan fingerprint density at radius 3 is 2.38 bits per heavy atom. The van der Waals surface area contributed by atoms with Crippen molar-refractivity contribution in [2.45, 2.75) is 31.7 Å². The maximum absolute atomic E-state index is 11.1. The lowest BCUT2D eigenvalue weighted by atomic mass is 10.1. The Labute approximate surface area is 92.6 Å². The third-order valence-electron chi connectivity index (χ3n) is 1.82. The first-order valence-electron chi connectivity index (χ1n) is 4.85. The number of nitrogens with zero attached hydrogens (tertiary/aromatic N) is 1. The molecule has 0 aliphatic carbocycles. The molecular weight excluding hydrogens is 216 g/mol. The van der Waals surface area contributed by atoms with Crippen molar-refractivity contribution < 1.29 is 24.9 Å². The smallest absolute Gasteiger partial charge is 0.328 e. The Bertz CT molecular complexity index is 277. The zero-order chi connectivity index (χ0) is 12.6. The van der Waals surface area contributed by atoms with Gasteiger partial charge < -0.3 is 21.1 Å². The lowest BCUT2D eigenvalue weighted by Crippen LogP contribution is -2.26. The van der Waals surface area contributed by atoms with Crippen molar-refractivity contribution in [3.05, 3.63) is 0 Å². The van der Waals surface area contributed by atoms with E-state index in [1.54, 1.807) is 0 Å². The van der Waals surface area contributed by atoms with E-state index in [0.29, 0.717) is 13.0 Å². The molecule has 0 aromatic carbocycles. The summed E-state index contributed by atoms with van der Waals surface area (Å²) in [6.45, 7) is 0.322.